The molecule has 5 rings (SSSR count). The Balaban J connectivity index is 1.65. The van der Waals surface area contributed by atoms with Crippen molar-refractivity contribution in [1.82, 2.24) is 5.32 Å². The molecule has 0 spiro atoms. The van der Waals surface area contributed by atoms with Crippen molar-refractivity contribution in [3.8, 4) is 0 Å². The first-order valence-corrected chi connectivity index (χ1v) is 8.36. The summed E-state index contributed by atoms with van der Waals surface area (Å²) >= 11 is 0. The van der Waals surface area contributed by atoms with Crippen molar-refractivity contribution in [2.75, 3.05) is 6.54 Å². The maximum Gasteiger partial charge on any atom is 0.0152 e. The van der Waals surface area contributed by atoms with Crippen LogP contribution in [0.15, 0.2) is 0 Å². The normalized spacial score (nSPS) is 51.7. The van der Waals surface area contributed by atoms with Gasteiger partial charge in [0, 0.05) is 6.04 Å². The average molecular weight is 247 g/mol. The highest BCUT2D eigenvalue weighted by Gasteiger charge is 2.60. The first-order valence-electron chi connectivity index (χ1n) is 8.36. The highest BCUT2D eigenvalue weighted by molar-refractivity contribution is 5.12. The quantitative estimate of drug-likeness (QED) is 0.792. The molecule has 0 saturated heterocycles. The van der Waals surface area contributed by atoms with Crippen LogP contribution in [0.3, 0.4) is 0 Å². The Morgan fingerprint density at radius 3 is 2.28 bits per heavy atom. The van der Waals surface area contributed by atoms with Crippen molar-refractivity contribution in [2.24, 2.45) is 28.6 Å². The van der Waals surface area contributed by atoms with Crippen molar-refractivity contribution < 1.29 is 0 Å². The molecule has 0 amide bonds. The molecule has 3 unspecified atom stereocenters. The van der Waals surface area contributed by atoms with Gasteiger partial charge in [0.25, 0.3) is 0 Å². The van der Waals surface area contributed by atoms with Crippen LogP contribution in [-0.4, -0.2) is 12.6 Å². The van der Waals surface area contributed by atoms with Gasteiger partial charge in [-0.05, 0) is 86.5 Å². The minimum atomic E-state index is 0.704. The van der Waals surface area contributed by atoms with Crippen molar-refractivity contribution in [2.45, 2.75) is 71.3 Å². The summed E-state index contributed by atoms with van der Waals surface area (Å²) in [5.74, 6) is 3.19. The molecule has 5 fully saturated rings. The molecular formula is C17H29N. The number of rotatable bonds is 4. The second-order valence-electron chi connectivity index (χ2n) is 8.51. The van der Waals surface area contributed by atoms with Crippen molar-refractivity contribution in [1.29, 1.82) is 0 Å². The van der Waals surface area contributed by atoms with Gasteiger partial charge in [0.1, 0.15) is 0 Å². The van der Waals surface area contributed by atoms with E-state index in [-0.39, 0.29) is 0 Å². The summed E-state index contributed by atoms with van der Waals surface area (Å²) in [7, 11) is 0. The van der Waals surface area contributed by atoms with Crippen LogP contribution >= 0.6 is 0 Å². The van der Waals surface area contributed by atoms with Gasteiger partial charge in [0.05, 0.1) is 0 Å². The maximum atomic E-state index is 3.92. The third-order valence-corrected chi connectivity index (χ3v) is 6.58. The lowest BCUT2D eigenvalue weighted by molar-refractivity contribution is -0.121. The van der Waals surface area contributed by atoms with E-state index in [2.05, 4.69) is 19.2 Å². The van der Waals surface area contributed by atoms with E-state index in [1.807, 2.05) is 0 Å². The van der Waals surface area contributed by atoms with Crippen LogP contribution in [0.4, 0.5) is 0 Å². The zero-order valence-electron chi connectivity index (χ0n) is 12.2. The standard InChI is InChI=1S/C17H29N/c1-3-18-15(14-4-5-14)17-9-12-6-13(10-17)8-16(2,7-12)11-17/h12-15,18H,3-11H2,1-2H3. The van der Waals surface area contributed by atoms with E-state index in [1.165, 1.54) is 19.4 Å². The Morgan fingerprint density at radius 1 is 1.11 bits per heavy atom. The topological polar surface area (TPSA) is 12.0 Å². The van der Waals surface area contributed by atoms with Crippen LogP contribution in [0.5, 0.6) is 0 Å². The lowest BCUT2D eigenvalue weighted by Gasteiger charge is -2.64. The molecule has 1 N–H and O–H groups in total. The molecule has 4 bridgehead atoms. The highest BCUT2D eigenvalue weighted by atomic mass is 15.0. The van der Waals surface area contributed by atoms with E-state index < -0.39 is 0 Å². The first-order chi connectivity index (χ1) is 8.62. The molecule has 5 aliphatic carbocycles. The zero-order chi connectivity index (χ0) is 12.4. The van der Waals surface area contributed by atoms with Gasteiger partial charge in [-0.1, -0.05) is 13.8 Å². The minimum absolute atomic E-state index is 0.704. The van der Waals surface area contributed by atoms with Gasteiger partial charge in [-0.3, -0.25) is 0 Å². The predicted molar refractivity (Wildman–Crippen MR) is 75.4 cm³/mol. The third kappa shape index (κ3) is 1.69. The molecular weight excluding hydrogens is 218 g/mol. The average Bonchev–Trinajstić information content (AvgIpc) is 3.05. The van der Waals surface area contributed by atoms with Gasteiger partial charge in [0.2, 0.25) is 0 Å². The van der Waals surface area contributed by atoms with Gasteiger partial charge in [0.15, 0.2) is 0 Å². The van der Waals surface area contributed by atoms with Gasteiger partial charge in [-0.25, -0.2) is 0 Å². The lowest BCUT2D eigenvalue weighted by Crippen LogP contribution is -2.59. The van der Waals surface area contributed by atoms with Crippen molar-refractivity contribution in [3.63, 3.8) is 0 Å². The zero-order valence-corrected chi connectivity index (χ0v) is 12.2. The monoisotopic (exact) mass is 247 g/mol. The molecule has 18 heavy (non-hydrogen) atoms. The summed E-state index contributed by atoms with van der Waals surface area (Å²) in [6, 6.07) is 0.868. The molecule has 5 aliphatic rings. The maximum absolute atomic E-state index is 3.92. The Kier molecular flexibility index (Phi) is 2.45. The molecule has 1 heteroatoms. The van der Waals surface area contributed by atoms with Crippen LogP contribution in [0.2, 0.25) is 0 Å². The fraction of sp³-hybridized carbons (Fsp3) is 1.00. The summed E-state index contributed by atoms with van der Waals surface area (Å²) in [5, 5.41) is 3.92. The number of hydrogen-bond acceptors (Lipinski definition) is 1. The molecule has 1 nitrogen and oxygen atoms in total. The Labute approximate surface area is 112 Å². The van der Waals surface area contributed by atoms with Crippen LogP contribution in [0.1, 0.15) is 65.2 Å². The second kappa shape index (κ2) is 3.75. The minimum Gasteiger partial charge on any atom is -0.313 e. The molecule has 0 aliphatic heterocycles. The van der Waals surface area contributed by atoms with Crippen LogP contribution < -0.4 is 5.32 Å². The third-order valence-electron chi connectivity index (χ3n) is 6.58. The predicted octanol–water partition coefficient (Wildman–Crippen LogP) is 3.98. The summed E-state index contributed by atoms with van der Waals surface area (Å²) < 4.78 is 0. The SMILES string of the molecule is CCNC(C1CC1)C12CC3CC(CC(C)(C3)C1)C2. The van der Waals surface area contributed by atoms with Crippen molar-refractivity contribution >= 4 is 0 Å². The molecule has 0 heterocycles. The van der Waals surface area contributed by atoms with E-state index in [0.29, 0.717) is 10.8 Å². The fourth-order valence-electron chi connectivity index (χ4n) is 6.69. The van der Waals surface area contributed by atoms with Gasteiger partial charge in [-0.2, -0.15) is 0 Å². The fourth-order valence-corrected chi connectivity index (χ4v) is 6.69. The molecule has 102 valence electrons. The summed E-state index contributed by atoms with van der Waals surface area (Å²) in [6.45, 7) is 6.09. The van der Waals surface area contributed by atoms with E-state index in [0.717, 1.165) is 23.8 Å². The summed E-state index contributed by atoms with van der Waals surface area (Å²) in [6.07, 6.45) is 12.4. The lowest BCUT2D eigenvalue weighted by atomic mass is 9.43. The second-order valence-corrected chi connectivity index (χ2v) is 8.51. The largest absolute Gasteiger partial charge is 0.313 e. The first kappa shape index (κ1) is 11.8. The van der Waals surface area contributed by atoms with E-state index in [9.17, 15) is 0 Å². The van der Waals surface area contributed by atoms with Crippen LogP contribution in [0, 0.1) is 28.6 Å². The van der Waals surface area contributed by atoms with Crippen LogP contribution in [-0.2, 0) is 0 Å². The molecule has 3 atom stereocenters. The van der Waals surface area contributed by atoms with E-state index in [1.54, 1.807) is 38.5 Å². The molecule has 5 saturated carbocycles. The van der Waals surface area contributed by atoms with E-state index in [4.69, 9.17) is 0 Å². The number of hydrogen-bond donors (Lipinski definition) is 1. The molecule has 0 aromatic heterocycles. The Bertz CT molecular complexity index is 330. The smallest absolute Gasteiger partial charge is 0.0152 e. The van der Waals surface area contributed by atoms with E-state index >= 15 is 0 Å². The number of nitrogens with one attached hydrogen (secondary N) is 1. The Morgan fingerprint density at radius 2 is 1.78 bits per heavy atom. The molecule has 0 aromatic rings. The summed E-state index contributed by atoms with van der Waals surface area (Å²) in [5.41, 5.74) is 1.42. The highest BCUT2D eigenvalue weighted by Crippen LogP contribution is 2.67. The van der Waals surface area contributed by atoms with Crippen molar-refractivity contribution in [3.05, 3.63) is 0 Å². The van der Waals surface area contributed by atoms with Gasteiger partial charge >= 0.3 is 0 Å². The molecule has 0 radical (unpaired) electrons. The summed E-state index contributed by atoms with van der Waals surface area (Å²) in [4.78, 5) is 0. The van der Waals surface area contributed by atoms with Gasteiger partial charge < -0.3 is 5.32 Å². The Hall–Kier alpha value is -0.0400. The van der Waals surface area contributed by atoms with Crippen LogP contribution in [0.25, 0.3) is 0 Å². The molecule has 0 aromatic carbocycles. The van der Waals surface area contributed by atoms with Gasteiger partial charge in [-0.15, -0.1) is 0 Å².